The largest absolute Gasteiger partial charge is 0.476 e. The molecular weight excluding hydrogens is 164 g/mol. The highest BCUT2D eigenvalue weighted by atomic mass is 16.5. The Morgan fingerprint density at radius 3 is 3.08 bits per heavy atom. The molecule has 70 valence electrons. The lowest BCUT2D eigenvalue weighted by molar-refractivity contribution is 0.307. The van der Waals surface area contributed by atoms with Crippen LogP contribution in [-0.4, -0.2) is 18.1 Å². The average molecular weight is 178 g/mol. The molecule has 13 heavy (non-hydrogen) atoms. The van der Waals surface area contributed by atoms with Gasteiger partial charge in [0.15, 0.2) is 0 Å². The first-order valence-electron chi connectivity index (χ1n) is 4.22. The second kappa shape index (κ2) is 5.19. The van der Waals surface area contributed by atoms with Crippen molar-refractivity contribution in [3.63, 3.8) is 0 Å². The van der Waals surface area contributed by atoms with Crippen LogP contribution >= 0.6 is 0 Å². The summed E-state index contributed by atoms with van der Waals surface area (Å²) < 4.78 is 5.34. The molecule has 1 rings (SSSR count). The van der Waals surface area contributed by atoms with E-state index in [0.717, 1.165) is 12.2 Å². The van der Waals surface area contributed by atoms with E-state index in [2.05, 4.69) is 16.9 Å². The van der Waals surface area contributed by atoms with Gasteiger partial charge in [0.05, 0.1) is 0 Å². The van der Waals surface area contributed by atoms with E-state index in [4.69, 9.17) is 4.74 Å². The molecule has 1 aromatic heterocycles. The summed E-state index contributed by atoms with van der Waals surface area (Å²) in [4.78, 5) is 4.02. The fraction of sp³-hybridized carbons (Fsp3) is 0.300. The molecular formula is C10H14N2O. The van der Waals surface area contributed by atoms with Gasteiger partial charge in [-0.3, -0.25) is 0 Å². The minimum atomic E-state index is 0.601. The molecule has 0 aliphatic carbocycles. The number of hydrogen-bond donors (Lipinski definition) is 1. The summed E-state index contributed by atoms with van der Waals surface area (Å²) in [5.41, 5.74) is 0.949. The summed E-state index contributed by atoms with van der Waals surface area (Å²) in [7, 11) is 0. The molecule has 0 radical (unpaired) electrons. The van der Waals surface area contributed by atoms with Gasteiger partial charge in [-0.25, -0.2) is 4.98 Å². The van der Waals surface area contributed by atoms with Crippen LogP contribution < -0.4 is 10.1 Å². The first-order valence-corrected chi connectivity index (χ1v) is 4.22. The van der Waals surface area contributed by atoms with Gasteiger partial charge in [0.2, 0.25) is 5.88 Å². The lowest BCUT2D eigenvalue weighted by Crippen LogP contribution is -2.18. The Bertz CT molecular complexity index is 259. The molecule has 0 unspecified atom stereocenters. The summed E-state index contributed by atoms with van der Waals surface area (Å²) in [5.74, 6) is 0.658. The van der Waals surface area contributed by atoms with Crippen LogP contribution in [0, 0.1) is 0 Å². The van der Waals surface area contributed by atoms with Crippen LogP contribution in [0.5, 0.6) is 5.88 Å². The van der Waals surface area contributed by atoms with Crippen molar-refractivity contribution in [2.24, 2.45) is 0 Å². The quantitative estimate of drug-likeness (QED) is 0.695. The van der Waals surface area contributed by atoms with Crippen LogP contribution in [0.2, 0.25) is 0 Å². The van der Waals surface area contributed by atoms with Crippen LogP contribution in [0.1, 0.15) is 6.92 Å². The molecule has 0 amide bonds. The Labute approximate surface area is 78.4 Å². The Kier molecular flexibility index (Phi) is 3.82. The van der Waals surface area contributed by atoms with Crippen molar-refractivity contribution in [1.82, 2.24) is 10.3 Å². The number of pyridine rings is 1. The summed E-state index contributed by atoms with van der Waals surface area (Å²) in [5, 5.41) is 3.07. The lowest BCUT2D eigenvalue weighted by atomic mass is 10.5. The summed E-state index contributed by atoms with van der Waals surface area (Å²) in [6, 6.07) is 5.59. The van der Waals surface area contributed by atoms with Crippen molar-refractivity contribution in [1.29, 1.82) is 0 Å². The van der Waals surface area contributed by atoms with E-state index in [1.165, 1.54) is 0 Å². The lowest BCUT2D eigenvalue weighted by Gasteiger charge is -2.06. The number of allylic oxidation sites excluding steroid dienone is 1. The molecule has 1 aromatic rings. The molecule has 0 aromatic carbocycles. The summed E-state index contributed by atoms with van der Waals surface area (Å²) >= 11 is 0. The highest BCUT2D eigenvalue weighted by Crippen LogP contribution is 2.01. The van der Waals surface area contributed by atoms with Gasteiger partial charge < -0.3 is 10.1 Å². The molecule has 1 heterocycles. The fourth-order valence-corrected chi connectivity index (χ4v) is 0.852. The molecule has 0 aliphatic rings. The van der Waals surface area contributed by atoms with E-state index >= 15 is 0 Å². The predicted octanol–water partition coefficient (Wildman–Crippen LogP) is 1.58. The smallest absolute Gasteiger partial charge is 0.213 e. The van der Waals surface area contributed by atoms with E-state index in [9.17, 15) is 0 Å². The molecule has 0 bridgehead atoms. The van der Waals surface area contributed by atoms with Crippen molar-refractivity contribution >= 4 is 0 Å². The van der Waals surface area contributed by atoms with Crippen LogP contribution in [0.4, 0.5) is 0 Å². The zero-order valence-corrected chi connectivity index (χ0v) is 7.79. The zero-order chi connectivity index (χ0) is 9.52. The Hall–Kier alpha value is -1.51. The van der Waals surface area contributed by atoms with Crippen molar-refractivity contribution < 1.29 is 4.74 Å². The van der Waals surface area contributed by atoms with E-state index in [1.807, 2.05) is 25.1 Å². The maximum atomic E-state index is 5.34. The van der Waals surface area contributed by atoms with Crippen molar-refractivity contribution in [2.75, 3.05) is 13.2 Å². The topological polar surface area (TPSA) is 34.1 Å². The van der Waals surface area contributed by atoms with Gasteiger partial charge in [-0.1, -0.05) is 12.6 Å². The van der Waals surface area contributed by atoms with Gasteiger partial charge in [-0.15, -0.1) is 0 Å². The molecule has 0 aliphatic heterocycles. The molecule has 1 N–H and O–H groups in total. The number of nitrogens with zero attached hydrogens (tertiary/aromatic N) is 1. The number of rotatable bonds is 5. The standard InChI is InChI=1S/C10H14N2O/c1-9(2)11-7-8-13-10-5-3-4-6-12-10/h3-6,11H,1,7-8H2,2H3. The highest BCUT2D eigenvalue weighted by Gasteiger charge is 1.91. The zero-order valence-electron chi connectivity index (χ0n) is 7.79. The van der Waals surface area contributed by atoms with E-state index in [0.29, 0.717) is 12.5 Å². The second-order valence-corrected chi connectivity index (χ2v) is 2.72. The number of ether oxygens (including phenoxy) is 1. The van der Waals surface area contributed by atoms with Crippen LogP contribution in [-0.2, 0) is 0 Å². The van der Waals surface area contributed by atoms with Crippen LogP contribution in [0.25, 0.3) is 0 Å². The van der Waals surface area contributed by atoms with Gasteiger partial charge in [0, 0.05) is 24.5 Å². The molecule has 3 nitrogen and oxygen atoms in total. The van der Waals surface area contributed by atoms with Gasteiger partial charge in [-0.2, -0.15) is 0 Å². The molecule has 0 atom stereocenters. The molecule has 0 fully saturated rings. The summed E-state index contributed by atoms with van der Waals surface area (Å²) in [6.07, 6.45) is 1.71. The minimum absolute atomic E-state index is 0.601. The highest BCUT2D eigenvalue weighted by molar-refractivity contribution is 5.08. The third-order valence-corrected chi connectivity index (χ3v) is 1.42. The Morgan fingerprint density at radius 2 is 2.46 bits per heavy atom. The van der Waals surface area contributed by atoms with Gasteiger partial charge in [0.25, 0.3) is 0 Å². The number of hydrogen-bond acceptors (Lipinski definition) is 3. The molecule has 0 saturated heterocycles. The van der Waals surface area contributed by atoms with E-state index in [-0.39, 0.29) is 0 Å². The van der Waals surface area contributed by atoms with Gasteiger partial charge in [0.1, 0.15) is 6.61 Å². The molecule has 3 heteroatoms. The average Bonchev–Trinajstić information content (AvgIpc) is 2.14. The Morgan fingerprint density at radius 1 is 1.62 bits per heavy atom. The Balaban J connectivity index is 2.17. The third kappa shape index (κ3) is 4.15. The number of aromatic nitrogens is 1. The van der Waals surface area contributed by atoms with Gasteiger partial charge >= 0.3 is 0 Å². The first kappa shape index (κ1) is 9.58. The predicted molar refractivity (Wildman–Crippen MR) is 52.5 cm³/mol. The SMILES string of the molecule is C=C(C)NCCOc1ccccn1. The van der Waals surface area contributed by atoms with Crippen molar-refractivity contribution in [2.45, 2.75) is 6.92 Å². The first-order chi connectivity index (χ1) is 6.29. The maximum Gasteiger partial charge on any atom is 0.213 e. The van der Waals surface area contributed by atoms with Crippen molar-refractivity contribution in [3.05, 3.63) is 36.7 Å². The van der Waals surface area contributed by atoms with Gasteiger partial charge in [-0.05, 0) is 13.0 Å². The fourth-order valence-electron chi connectivity index (χ4n) is 0.852. The minimum Gasteiger partial charge on any atom is -0.476 e. The van der Waals surface area contributed by atoms with Crippen molar-refractivity contribution in [3.8, 4) is 5.88 Å². The maximum absolute atomic E-state index is 5.34. The van der Waals surface area contributed by atoms with Crippen LogP contribution in [0.15, 0.2) is 36.7 Å². The van der Waals surface area contributed by atoms with E-state index in [1.54, 1.807) is 6.20 Å². The van der Waals surface area contributed by atoms with E-state index < -0.39 is 0 Å². The summed E-state index contributed by atoms with van der Waals surface area (Å²) in [6.45, 7) is 6.99. The molecule has 0 spiro atoms. The number of nitrogens with one attached hydrogen (secondary N) is 1. The monoisotopic (exact) mass is 178 g/mol. The second-order valence-electron chi connectivity index (χ2n) is 2.72. The normalized spacial score (nSPS) is 9.31. The third-order valence-electron chi connectivity index (χ3n) is 1.42. The van der Waals surface area contributed by atoms with Crippen LogP contribution in [0.3, 0.4) is 0 Å². The molecule has 0 saturated carbocycles.